The molecule has 0 radical (unpaired) electrons. The number of ether oxygens (including phenoxy) is 1. The summed E-state index contributed by atoms with van der Waals surface area (Å²) in [6.45, 7) is 4.38. The average Bonchev–Trinajstić information content (AvgIpc) is 3.17. The van der Waals surface area contributed by atoms with Crippen molar-refractivity contribution in [1.29, 1.82) is 0 Å². The Bertz CT molecular complexity index is 905. The van der Waals surface area contributed by atoms with Crippen LogP contribution in [0.5, 0.6) is 11.5 Å². The Hall–Kier alpha value is -3.22. The van der Waals surface area contributed by atoms with Crippen molar-refractivity contribution in [2.75, 3.05) is 0 Å². The number of rotatable bonds is 8. The van der Waals surface area contributed by atoms with Gasteiger partial charge in [0.15, 0.2) is 5.82 Å². The van der Waals surface area contributed by atoms with Crippen LogP contribution in [0.15, 0.2) is 53.1 Å². The van der Waals surface area contributed by atoms with E-state index in [4.69, 9.17) is 9.26 Å². The Kier molecular flexibility index (Phi) is 6.37. The summed E-state index contributed by atoms with van der Waals surface area (Å²) in [6.07, 6.45) is 0.696. The predicted molar refractivity (Wildman–Crippen MR) is 101 cm³/mol. The summed E-state index contributed by atoms with van der Waals surface area (Å²) in [5, 5.41) is 6.74. The number of carbonyl (C=O) groups is 1. The van der Waals surface area contributed by atoms with Gasteiger partial charge in [-0.1, -0.05) is 31.1 Å². The first-order chi connectivity index (χ1) is 13.5. The molecule has 3 rings (SSSR count). The van der Waals surface area contributed by atoms with Crippen molar-refractivity contribution >= 4 is 5.91 Å². The van der Waals surface area contributed by atoms with Crippen LogP contribution in [0.3, 0.4) is 0 Å². The molecular weight excluding hydrogens is 361 g/mol. The first-order valence-electron chi connectivity index (χ1n) is 9.11. The second kappa shape index (κ2) is 9.12. The number of aryl methyl sites for hydroxylation is 1. The molecule has 0 aliphatic heterocycles. The monoisotopic (exact) mass is 383 g/mol. The summed E-state index contributed by atoms with van der Waals surface area (Å²) >= 11 is 0. The lowest BCUT2D eigenvalue weighted by molar-refractivity contribution is -0.121. The van der Waals surface area contributed by atoms with Crippen molar-refractivity contribution in [2.45, 2.75) is 39.2 Å². The third-order valence-corrected chi connectivity index (χ3v) is 4.03. The molecule has 2 aromatic carbocycles. The Morgan fingerprint density at radius 2 is 1.75 bits per heavy atom. The predicted octanol–water partition coefficient (Wildman–Crippen LogP) is 4.37. The van der Waals surface area contributed by atoms with Gasteiger partial charge in [0.1, 0.15) is 17.3 Å². The smallest absolute Gasteiger partial charge is 0.227 e. The lowest BCUT2D eigenvalue weighted by atomic mass is 10.2. The minimum Gasteiger partial charge on any atom is -0.457 e. The normalized spacial score (nSPS) is 10.9. The van der Waals surface area contributed by atoms with E-state index in [1.807, 2.05) is 26.0 Å². The molecule has 1 aromatic heterocycles. The van der Waals surface area contributed by atoms with E-state index in [-0.39, 0.29) is 24.1 Å². The highest BCUT2D eigenvalue weighted by molar-refractivity contribution is 5.76. The maximum atomic E-state index is 12.9. The molecule has 0 saturated heterocycles. The van der Waals surface area contributed by atoms with Crippen molar-refractivity contribution in [3.05, 3.63) is 71.6 Å². The van der Waals surface area contributed by atoms with Crippen LogP contribution in [0, 0.1) is 5.82 Å². The van der Waals surface area contributed by atoms with Gasteiger partial charge in [0.2, 0.25) is 11.8 Å². The quantitative estimate of drug-likeness (QED) is 0.625. The van der Waals surface area contributed by atoms with Crippen LogP contribution in [0.25, 0.3) is 0 Å². The van der Waals surface area contributed by atoms with E-state index < -0.39 is 0 Å². The number of hydrogen-bond donors (Lipinski definition) is 1. The number of halogens is 1. The first kappa shape index (κ1) is 19.5. The van der Waals surface area contributed by atoms with E-state index in [1.54, 1.807) is 24.3 Å². The Labute approximate surface area is 162 Å². The summed E-state index contributed by atoms with van der Waals surface area (Å²) in [5.74, 6) is 2.12. The van der Waals surface area contributed by atoms with Crippen LogP contribution in [-0.2, 0) is 17.8 Å². The minimum absolute atomic E-state index is 0.0871. The first-order valence-corrected chi connectivity index (χ1v) is 9.11. The van der Waals surface area contributed by atoms with Gasteiger partial charge >= 0.3 is 0 Å². The van der Waals surface area contributed by atoms with Gasteiger partial charge in [0, 0.05) is 25.3 Å². The lowest BCUT2D eigenvalue weighted by Crippen LogP contribution is -2.23. The van der Waals surface area contributed by atoms with E-state index in [2.05, 4.69) is 15.5 Å². The van der Waals surface area contributed by atoms with Crippen molar-refractivity contribution in [1.82, 2.24) is 15.5 Å². The third kappa shape index (κ3) is 5.64. The number of nitrogens with zero attached hydrogens (tertiary/aromatic N) is 2. The molecule has 0 unspecified atom stereocenters. The van der Waals surface area contributed by atoms with Crippen molar-refractivity contribution in [2.24, 2.45) is 0 Å². The molecule has 3 aromatic rings. The Morgan fingerprint density at radius 1 is 1.11 bits per heavy atom. The van der Waals surface area contributed by atoms with Gasteiger partial charge < -0.3 is 14.6 Å². The molecule has 0 aliphatic rings. The lowest BCUT2D eigenvalue weighted by Gasteiger charge is -2.08. The van der Waals surface area contributed by atoms with E-state index in [9.17, 15) is 9.18 Å². The van der Waals surface area contributed by atoms with Crippen LogP contribution < -0.4 is 10.1 Å². The van der Waals surface area contributed by atoms with Gasteiger partial charge in [-0.3, -0.25) is 4.79 Å². The highest BCUT2D eigenvalue weighted by atomic mass is 19.1. The maximum Gasteiger partial charge on any atom is 0.227 e. The largest absolute Gasteiger partial charge is 0.457 e. The van der Waals surface area contributed by atoms with E-state index in [0.717, 1.165) is 5.56 Å². The number of hydrogen-bond acceptors (Lipinski definition) is 5. The molecule has 0 fully saturated rings. The number of benzene rings is 2. The van der Waals surface area contributed by atoms with Crippen LogP contribution >= 0.6 is 0 Å². The zero-order valence-corrected chi connectivity index (χ0v) is 15.8. The van der Waals surface area contributed by atoms with Gasteiger partial charge in [-0.2, -0.15) is 4.98 Å². The van der Waals surface area contributed by atoms with Gasteiger partial charge in [-0.25, -0.2) is 4.39 Å². The van der Waals surface area contributed by atoms with E-state index in [1.165, 1.54) is 12.1 Å². The third-order valence-electron chi connectivity index (χ3n) is 4.03. The molecule has 0 bridgehead atoms. The Morgan fingerprint density at radius 3 is 2.36 bits per heavy atom. The van der Waals surface area contributed by atoms with E-state index in [0.29, 0.717) is 36.2 Å². The topological polar surface area (TPSA) is 77.2 Å². The molecule has 0 atom stereocenters. The highest BCUT2D eigenvalue weighted by Crippen LogP contribution is 2.21. The zero-order chi connectivity index (χ0) is 19.9. The fourth-order valence-electron chi connectivity index (χ4n) is 2.43. The highest BCUT2D eigenvalue weighted by Gasteiger charge is 2.11. The van der Waals surface area contributed by atoms with Gasteiger partial charge in [-0.15, -0.1) is 0 Å². The molecular formula is C21H22FN3O3. The van der Waals surface area contributed by atoms with Crippen LogP contribution in [0.4, 0.5) is 4.39 Å². The second-order valence-corrected chi connectivity index (χ2v) is 6.68. The second-order valence-electron chi connectivity index (χ2n) is 6.68. The standard InChI is InChI=1S/C21H22FN3O3/c1-14(2)21-24-20(28-25-21)12-11-19(26)23-13-15-3-7-17(8-4-15)27-18-9-5-16(22)6-10-18/h3-10,14H,11-13H2,1-2H3,(H,23,26). The fourth-order valence-corrected chi connectivity index (χ4v) is 2.43. The van der Waals surface area contributed by atoms with Crippen LogP contribution in [-0.4, -0.2) is 16.0 Å². The van der Waals surface area contributed by atoms with E-state index >= 15 is 0 Å². The van der Waals surface area contributed by atoms with Crippen molar-refractivity contribution in [3.8, 4) is 11.5 Å². The molecule has 146 valence electrons. The molecule has 1 amide bonds. The summed E-state index contributed by atoms with van der Waals surface area (Å²) in [6, 6.07) is 13.2. The average molecular weight is 383 g/mol. The number of amides is 1. The Balaban J connectivity index is 1.43. The van der Waals surface area contributed by atoms with Crippen LogP contribution in [0.1, 0.15) is 43.5 Å². The molecule has 0 spiro atoms. The fraction of sp³-hybridized carbons (Fsp3) is 0.286. The molecule has 7 heteroatoms. The number of nitrogens with one attached hydrogen (secondary N) is 1. The molecule has 1 heterocycles. The minimum atomic E-state index is -0.308. The molecule has 28 heavy (non-hydrogen) atoms. The summed E-state index contributed by atoms with van der Waals surface area (Å²) in [4.78, 5) is 16.3. The summed E-state index contributed by atoms with van der Waals surface area (Å²) in [5.41, 5.74) is 0.944. The SMILES string of the molecule is CC(C)c1noc(CCC(=O)NCc2ccc(Oc3ccc(F)cc3)cc2)n1. The van der Waals surface area contributed by atoms with Crippen LogP contribution in [0.2, 0.25) is 0 Å². The van der Waals surface area contributed by atoms with Gasteiger partial charge in [0.05, 0.1) is 0 Å². The van der Waals surface area contributed by atoms with Gasteiger partial charge in [0.25, 0.3) is 0 Å². The van der Waals surface area contributed by atoms with Crippen molar-refractivity contribution < 1.29 is 18.4 Å². The molecule has 0 aliphatic carbocycles. The molecule has 6 nitrogen and oxygen atoms in total. The summed E-state index contributed by atoms with van der Waals surface area (Å²) in [7, 11) is 0. The van der Waals surface area contributed by atoms with Gasteiger partial charge in [-0.05, 0) is 42.0 Å². The summed E-state index contributed by atoms with van der Waals surface area (Å²) < 4.78 is 23.7. The maximum absolute atomic E-state index is 12.9. The molecule has 0 saturated carbocycles. The van der Waals surface area contributed by atoms with Crippen molar-refractivity contribution in [3.63, 3.8) is 0 Å². The number of carbonyl (C=O) groups excluding carboxylic acids is 1. The molecule has 1 N–H and O–H groups in total. The zero-order valence-electron chi connectivity index (χ0n) is 15.8. The number of aromatic nitrogens is 2.